The van der Waals surface area contributed by atoms with Crippen LogP contribution in [0, 0.1) is 5.92 Å². The van der Waals surface area contributed by atoms with E-state index in [1.807, 2.05) is 115 Å². The number of rotatable bonds is 19. The molecule has 4 amide bonds. The highest BCUT2D eigenvalue weighted by Crippen LogP contribution is 2.18. The van der Waals surface area contributed by atoms with Gasteiger partial charge in [-0.25, -0.2) is 14.4 Å². The monoisotopic (exact) mass is 848 g/mol. The molecule has 0 aliphatic carbocycles. The summed E-state index contributed by atoms with van der Waals surface area (Å²) in [6.07, 6.45) is 3.86. The molecule has 62 heavy (non-hydrogen) atoms. The molecule has 4 atom stereocenters. The molecule has 1 heterocycles. The van der Waals surface area contributed by atoms with Gasteiger partial charge in [-0.3, -0.25) is 9.59 Å². The van der Waals surface area contributed by atoms with Crippen LogP contribution in [0.3, 0.4) is 0 Å². The molecule has 0 bridgehead atoms. The van der Waals surface area contributed by atoms with Crippen molar-refractivity contribution in [3.63, 3.8) is 0 Å². The third-order valence-corrected chi connectivity index (χ3v) is 10.0. The summed E-state index contributed by atoms with van der Waals surface area (Å²) in [6, 6.07) is 33.4. The number of aliphatic hydroxyl groups is 1. The number of allylic oxidation sites excluding steroid dienone is 1. The summed E-state index contributed by atoms with van der Waals surface area (Å²) >= 11 is 0. The summed E-state index contributed by atoms with van der Waals surface area (Å²) in [4.78, 5) is 65.4. The largest absolute Gasteiger partial charge is 0.489 e. The van der Waals surface area contributed by atoms with Crippen molar-refractivity contribution in [2.75, 3.05) is 19.8 Å². The van der Waals surface area contributed by atoms with Gasteiger partial charge in [-0.2, -0.15) is 0 Å². The number of hydrogen-bond donors (Lipinski definition) is 5. The number of nitrogens with one attached hydrogen (secondary N) is 4. The molecule has 0 unspecified atom stereocenters. The number of amides is 4. The smallest absolute Gasteiger partial charge is 0.408 e. The van der Waals surface area contributed by atoms with Gasteiger partial charge in [0.15, 0.2) is 0 Å². The van der Waals surface area contributed by atoms with E-state index in [0.29, 0.717) is 44.6 Å². The zero-order chi connectivity index (χ0) is 43.8. The average molecular weight is 849 g/mol. The maximum Gasteiger partial charge on any atom is 0.408 e. The van der Waals surface area contributed by atoms with Crippen LogP contribution in [0.5, 0.6) is 5.75 Å². The van der Waals surface area contributed by atoms with E-state index in [1.54, 1.807) is 12.2 Å². The molecule has 328 valence electrons. The summed E-state index contributed by atoms with van der Waals surface area (Å²) < 4.78 is 22.1. The van der Waals surface area contributed by atoms with Gasteiger partial charge in [-0.1, -0.05) is 115 Å². The Morgan fingerprint density at radius 1 is 0.726 bits per heavy atom. The lowest BCUT2D eigenvalue weighted by molar-refractivity contribution is -0.147. The van der Waals surface area contributed by atoms with Gasteiger partial charge >= 0.3 is 18.2 Å². The molecular formula is C48H56N4O10. The lowest BCUT2D eigenvalue weighted by Gasteiger charge is -2.25. The van der Waals surface area contributed by atoms with E-state index in [9.17, 15) is 29.1 Å². The van der Waals surface area contributed by atoms with Gasteiger partial charge in [0.05, 0.1) is 24.6 Å². The van der Waals surface area contributed by atoms with Gasteiger partial charge < -0.3 is 45.3 Å². The zero-order valence-electron chi connectivity index (χ0n) is 34.7. The van der Waals surface area contributed by atoms with E-state index < -0.39 is 54.0 Å². The number of carbonyl (C=O) groups is 5. The third kappa shape index (κ3) is 17.1. The summed E-state index contributed by atoms with van der Waals surface area (Å²) in [5.41, 5.74) is 3.57. The van der Waals surface area contributed by atoms with Crippen LogP contribution in [0.2, 0.25) is 0 Å². The first-order valence-corrected chi connectivity index (χ1v) is 20.9. The summed E-state index contributed by atoms with van der Waals surface area (Å²) in [5, 5.41) is 21.3. The highest BCUT2D eigenvalue weighted by molar-refractivity contribution is 5.86. The number of unbranched alkanes of at least 4 members (excludes halogenated alkanes) is 1. The zero-order valence-corrected chi connectivity index (χ0v) is 34.7. The number of ether oxygens (including phenoxy) is 4. The predicted molar refractivity (Wildman–Crippen MR) is 231 cm³/mol. The van der Waals surface area contributed by atoms with Crippen LogP contribution in [-0.4, -0.2) is 73.0 Å². The van der Waals surface area contributed by atoms with Crippen LogP contribution >= 0.6 is 0 Å². The van der Waals surface area contributed by atoms with E-state index in [4.69, 9.17) is 18.9 Å². The molecule has 0 radical (unpaired) electrons. The van der Waals surface area contributed by atoms with Crippen LogP contribution in [0.15, 0.2) is 127 Å². The Morgan fingerprint density at radius 3 is 1.95 bits per heavy atom. The Labute approximate surface area is 362 Å². The van der Waals surface area contributed by atoms with Gasteiger partial charge in [0.1, 0.15) is 38.2 Å². The number of alkyl carbamates (subject to hydrolysis) is 2. The van der Waals surface area contributed by atoms with Gasteiger partial charge in [-0.05, 0) is 72.9 Å². The lowest BCUT2D eigenvalue weighted by atomic mass is 9.97. The number of carbonyl (C=O) groups excluding carboxylic acids is 5. The van der Waals surface area contributed by atoms with Crippen molar-refractivity contribution in [1.29, 1.82) is 0 Å². The normalized spacial score (nSPS) is 17.1. The predicted octanol–water partition coefficient (Wildman–Crippen LogP) is 6.06. The Hall–Kier alpha value is -6.67. The molecule has 14 heteroatoms. The van der Waals surface area contributed by atoms with Crippen molar-refractivity contribution >= 4 is 30.0 Å². The Bertz CT molecular complexity index is 2020. The molecule has 0 saturated heterocycles. The van der Waals surface area contributed by atoms with E-state index in [0.717, 1.165) is 22.3 Å². The fraction of sp³-hybridized carbons (Fsp3) is 0.354. The fourth-order valence-corrected chi connectivity index (χ4v) is 6.60. The van der Waals surface area contributed by atoms with Crippen molar-refractivity contribution in [2.24, 2.45) is 5.92 Å². The number of aliphatic hydroxyl groups excluding tert-OH is 1. The molecule has 14 nitrogen and oxygen atoms in total. The minimum Gasteiger partial charge on any atom is -0.489 e. The summed E-state index contributed by atoms with van der Waals surface area (Å²) in [7, 11) is 0. The molecule has 4 aromatic carbocycles. The summed E-state index contributed by atoms with van der Waals surface area (Å²) in [6.45, 7) is 0.384. The number of esters is 1. The van der Waals surface area contributed by atoms with Crippen LogP contribution in [0.1, 0.15) is 60.8 Å². The van der Waals surface area contributed by atoms with Crippen molar-refractivity contribution in [3.05, 3.63) is 150 Å². The Morgan fingerprint density at radius 2 is 1.32 bits per heavy atom. The van der Waals surface area contributed by atoms with Gasteiger partial charge in [0.25, 0.3) is 0 Å². The average Bonchev–Trinajstić information content (AvgIpc) is 3.29. The molecule has 4 aromatic rings. The maximum atomic E-state index is 13.8. The van der Waals surface area contributed by atoms with Crippen LogP contribution < -0.4 is 26.0 Å². The fourth-order valence-electron chi connectivity index (χ4n) is 6.60. The van der Waals surface area contributed by atoms with Gasteiger partial charge in [0, 0.05) is 13.0 Å². The second kappa shape index (κ2) is 25.8. The minimum absolute atomic E-state index is 0.00923. The van der Waals surface area contributed by atoms with Gasteiger partial charge in [-0.15, -0.1) is 0 Å². The molecule has 0 aromatic heterocycles. The van der Waals surface area contributed by atoms with Crippen LogP contribution in [0.4, 0.5) is 9.59 Å². The minimum atomic E-state index is -1.08. The third-order valence-electron chi connectivity index (χ3n) is 10.0. The van der Waals surface area contributed by atoms with Crippen molar-refractivity contribution < 1.29 is 48.0 Å². The van der Waals surface area contributed by atoms with E-state index in [-0.39, 0.29) is 45.7 Å². The standard InChI is InChI=1S/C48H56N4O10/c53-30-41(28-35-23-25-42(26-24-35)59-31-36-14-4-1-5-15-36)50-44(54)29-39-20-10-11-22-43(52-48(58)62-33-38-18-8-3-9-19-38)46(56)60-34-40(51-45(39)55)21-12-13-27-49-47(57)61-32-37-16-6-2-7-17-37/h1-11,14-19,23-26,39-41,43,53H,12-13,20-22,27-34H2,(H,49,57)(H,50,54)(H,51,55)(H,52,58)/t39-,40+,41+,43-/m1/s1. The Balaban J connectivity index is 1.16. The second-order valence-electron chi connectivity index (χ2n) is 15.0. The highest BCUT2D eigenvalue weighted by atomic mass is 16.6. The number of hydrogen-bond acceptors (Lipinski definition) is 10. The van der Waals surface area contributed by atoms with Crippen molar-refractivity contribution in [1.82, 2.24) is 21.3 Å². The molecule has 0 saturated carbocycles. The maximum absolute atomic E-state index is 13.8. The quantitative estimate of drug-likeness (QED) is 0.0321. The molecular weight excluding hydrogens is 793 g/mol. The van der Waals surface area contributed by atoms with E-state index in [1.165, 1.54) is 0 Å². The molecule has 5 N–H and O–H groups in total. The topological polar surface area (TPSA) is 191 Å². The Kier molecular flexibility index (Phi) is 19.3. The van der Waals surface area contributed by atoms with Crippen molar-refractivity contribution in [3.8, 4) is 5.75 Å². The first-order valence-electron chi connectivity index (χ1n) is 20.9. The molecule has 5 rings (SSSR count). The van der Waals surface area contributed by atoms with E-state index >= 15 is 0 Å². The molecule has 0 fully saturated rings. The van der Waals surface area contributed by atoms with Crippen LogP contribution in [0.25, 0.3) is 0 Å². The van der Waals surface area contributed by atoms with Crippen molar-refractivity contribution in [2.45, 2.75) is 82.9 Å². The molecule has 1 aliphatic rings. The van der Waals surface area contributed by atoms with E-state index in [2.05, 4.69) is 21.3 Å². The first kappa shape index (κ1) is 46.4. The second-order valence-corrected chi connectivity index (χ2v) is 15.0. The number of cyclic esters (lactones) is 1. The summed E-state index contributed by atoms with van der Waals surface area (Å²) in [5.74, 6) is -1.62. The molecule has 1 aliphatic heterocycles. The number of benzene rings is 4. The molecule has 0 spiro atoms. The lowest BCUT2D eigenvalue weighted by Crippen LogP contribution is -2.46. The van der Waals surface area contributed by atoms with Gasteiger partial charge in [0.2, 0.25) is 11.8 Å². The first-order chi connectivity index (χ1) is 30.2. The highest BCUT2D eigenvalue weighted by Gasteiger charge is 2.28. The SMILES string of the molecule is O=C(C[C@H]1CC=CC[C@@H](NC(=O)OCc2ccccc2)C(=O)OC[C@H](CCCCNC(=O)OCc2ccccc2)NC1=O)N[C@H](CO)Cc1ccc(OCc2ccccc2)cc1. The van der Waals surface area contributed by atoms with Crippen LogP contribution in [-0.2, 0) is 54.8 Å².